The van der Waals surface area contributed by atoms with E-state index in [4.69, 9.17) is 9.47 Å². The first kappa shape index (κ1) is 17.9. The number of benzene rings is 2. The largest absolute Gasteiger partial charge is 0.494 e. The second-order valence-electron chi connectivity index (χ2n) is 5.75. The second kappa shape index (κ2) is 7.86. The fourth-order valence-corrected chi connectivity index (χ4v) is 2.78. The molecule has 0 unspecified atom stereocenters. The lowest BCUT2D eigenvalue weighted by atomic mass is 10.0. The molecule has 0 aliphatic rings. The van der Waals surface area contributed by atoms with Crippen molar-refractivity contribution in [1.29, 1.82) is 0 Å². The Bertz CT molecular complexity index is 715. The van der Waals surface area contributed by atoms with Gasteiger partial charge in [0.25, 0.3) is 5.91 Å². The lowest BCUT2D eigenvalue weighted by molar-refractivity contribution is 0.102. The Balaban J connectivity index is 2.32. The van der Waals surface area contributed by atoms with Crippen LogP contribution >= 0.6 is 0 Å². The van der Waals surface area contributed by atoms with Crippen molar-refractivity contribution in [2.24, 2.45) is 0 Å². The summed E-state index contributed by atoms with van der Waals surface area (Å²) in [5.74, 6) is 1.04. The van der Waals surface area contributed by atoms with Gasteiger partial charge in [-0.15, -0.1) is 0 Å². The van der Waals surface area contributed by atoms with E-state index in [0.717, 1.165) is 16.8 Å². The quantitative estimate of drug-likeness (QED) is 0.839. The third-order valence-corrected chi connectivity index (χ3v) is 3.72. The van der Waals surface area contributed by atoms with Gasteiger partial charge in [-0.3, -0.25) is 4.79 Å². The van der Waals surface area contributed by atoms with Gasteiger partial charge in [0.2, 0.25) is 0 Å². The Kier molecular flexibility index (Phi) is 5.85. The lowest BCUT2D eigenvalue weighted by Gasteiger charge is -2.15. The molecule has 0 fully saturated rings. The van der Waals surface area contributed by atoms with Gasteiger partial charge in [-0.1, -0.05) is 17.7 Å². The number of rotatable bonds is 6. The molecule has 0 saturated carbocycles. The van der Waals surface area contributed by atoms with Crippen LogP contribution in [0.2, 0.25) is 0 Å². The summed E-state index contributed by atoms with van der Waals surface area (Å²) in [5.41, 5.74) is 4.62. The van der Waals surface area contributed by atoms with E-state index in [9.17, 15) is 4.79 Å². The number of hydrogen-bond donors (Lipinski definition) is 1. The predicted octanol–water partition coefficient (Wildman–Crippen LogP) is 4.66. The van der Waals surface area contributed by atoms with E-state index in [2.05, 4.69) is 17.4 Å². The summed E-state index contributed by atoms with van der Waals surface area (Å²) >= 11 is 0. The molecular weight excluding hydrogens is 302 g/mol. The molecule has 4 heteroatoms. The SMILES string of the molecule is CCOc1ccc(C(=O)Nc2c(C)cc(C)cc2C)c(OCC)c1. The molecule has 0 spiro atoms. The molecule has 4 nitrogen and oxygen atoms in total. The third-order valence-electron chi connectivity index (χ3n) is 3.72. The van der Waals surface area contributed by atoms with Crippen LogP contribution in [0.3, 0.4) is 0 Å². The summed E-state index contributed by atoms with van der Waals surface area (Å²) in [4.78, 5) is 12.7. The maximum atomic E-state index is 12.7. The molecule has 0 atom stereocenters. The molecule has 0 aromatic heterocycles. The average Bonchev–Trinajstić information content (AvgIpc) is 2.51. The maximum Gasteiger partial charge on any atom is 0.259 e. The summed E-state index contributed by atoms with van der Waals surface area (Å²) in [6.45, 7) is 10.9. The number of hydrogen-bond acceptors (Lipinski definition) is 3. The van der Waals surface area contributed by atoms with E-state index in [1.54, 1.807) is 18.2 Å². The van der Waals surface area contributed by atoms with Gasteiger partial charge in [0.15, 0.2) is 0 Å². The fraction of sp³-hybridized carbons (Fsp3) is 0.350. The van der Waals surface area contributed by atoms with Crippen LogP contribution in [0.1, 0.15) is 40.9 Å². The standard InChI is InChI=1S/C20H25NO3/c1-6-23-16-8-9-17(18(12-16)24-7-2)20(22)21-19-14(4)10-13(3)11-15(19)5/h8-12H,6-7H2,1-5H3,(H,21,22). The predicted molar refractivity (Wildman–Crippen MR) is 97.4 cm³/mol. The normalized spacial score (nSPS) is 10.4. The van der Waals surface area contributed by atoms with E-state index in [1.165, 1.54) is 5.56 Å². The number of nitrogens with one attached hydrogen (secondary N) is 1. The van der Waals surface area contributed by atoms with Crippen LogP contribution in [0.15, 0.2) is 30.3 Å². The number of ether oxygens (including phenoxy) is 2. The highest BCUT2D eigenvalue weighted by Crippen LogP contribution is 2.28. The highest BCUT2D eigenvalue weighted by molar-refractivity contribution is 6.07. The van der Waals surface area contributed by atoms with Crippen molar-refractivity contribution in [3.8, 4) is 11.5 Å². The molecule has 128 valence electrons. The summed E-state index contributed by atoms with van der Waals surface area (Å²) < 4.78 is 11.1. The van der Waals surface area contributed by atoms with E-state index < -0.39 is 0 Å². The van der Waals surface area contributed by atoms with Crippen molar-refractivity contribution < 1.29 is 14.3 Å². The zero-order valence-electron chi connectivity index (χ0n) is 15.0. The van der Waals surface area contributed by atoms with Crippen molar-refractivity contribution in [3.63, 3.8) is 0 Å². The zero-order chi connectivity index (χ0) is 17.7. The van der Waals surface area contributed by atoms with Crippen LogP contribution in [0.25, 0.3) is 0 Å². The zero-order valence-corrected chi connectivity index (χ0v) is 15.0. The van der Waals surface area contributed by atoms with Crippen LogP contribution in [0.4, 0.5) is 5.69 Å². The van der Waals surface area contributed by atoms with E-state index in [1.807, 2.05) is 34.6 Å². The van der Waals surface area contributed by atoms with Gasteiger partial charge < -0.3 is 14.8 Å². The van der Waals surface area contributed by atoms with Gasteiger partial charge in [0.05, 0.1) is 18.8 Å². The number of carbonyl (C=O) groups excluding carboxylic acids is 1. The Morgan fingerprint density at radius 3 is 2.17 bits per heavy atom. The Morgan fingerprint density at radius 1 is 0.958 bits per heavy atom. The van der Waals surface area contributed by atoms with Crippen LogP contribution in [-0.2, 0) is 0 Å². The average molecular weight is 327 g/mol. The van der Waals surface area contributed by atoms with Crippen molar-refractivity contribution in [2.75, 3.05) is 18.5 Å². The van der Waals surface area contributed by atoms with Gasteiger partial charge in [-0.2, -0.15) is 0 Å². The first-order valence-electron chi connectivity index (χ1n) is 8.25. The van der Waals surface area contributed by atoms with Crippen LogP contribution in [0.5, 0.6) is 11.5 Å². The number of amides is 1. The molecule has 2 aromatic rings. The van der Waals surface area contributed by atoms with Crippen LogP contribution in [-0.4, -0.2) is 19.1 Å². The number of carbonyl (C=O) groups is 1. The van der Waals surface area contributed by atoms with Gasteiger partial charge in [0, 0.05) is 11.8 Å². The summed E-state index contributed by atoms with van der Waals surface area (Å²) in [7, 11) is 0. The number of aryl methyl sites for hydroxylation is 3. The van der Waals surface area contributed by atoms with Crippen molar-refractivity contribution in [1.82, 2.24) is 0 Å². The summed E-state index contributed by atoms with van der Waals surface area (Å²) in [5, 5.41) is 3.01. The molecule has 0 heterocycles. The lowest BCUT2D eigenvalue weighted by Crippen LogP contribution is -2.15. The van der Waals surface area contributed by atoms with Crippen LogP contribution in [0, 0.1) is 20.8 Å². The smallest absolute Gasteiger partial charge is 0.259 e. The minimum absolute atomic E-state index is 0.184. The molecule has 0 radical (unpaired) electrons. The second-order valence-corrected chi connectivity index (χ2v) is 5.75. The topological polar surface area (TPSA) is 47.6 Å². The molecule has 24 heavy (non-hydrogen) atoms. The van der Waals surface area contributed by atoms with Gasteiger partial charge in [-0.25, -0.2) is 0 Å². The molecule has 2 rings (SSSR count). The molecule has 0 saturated heterocycles. The number of anilines is 1. The third kappa shape index (κ3) is 4.07. The molecule has 0 bridgehead atoms. The monoisotopic (exact) mass is 327 g/mol. The Hall–Kier alpha value is -2.49. The molecular formula is C20H25NO3. The molecule has 0 aliphatic carbocycles. The van der Waals surface area contributed by atoms with Crippen molar-refractivity contribution in [3.05, 3.63) is 52.6 Å². The van der Waals surface area contributed by atoms with Crippen molar-refractivity contribution in [2.45, 2.75) is 34.6 Å². The minimum atomic E-state index is -0.184. The first-order valence-corrected chi connectivity index (χ1v) is 8.25. The van der Waals surface area contributed by atoms with E-state index >= 15 is 0 Å². The van der Waals surface area contributed by atoms with Gasteiger partial charge in [-0.05, 0) is 57.9 Å². The minimum Gasteiger partial charge on any atom is -0.494 e. The highest BCUT2D eigenvalue weighted by atomic mass is 16.5. The van der Waals surface area contributed by atoms with Crippen molar-refractivity contribution >= 4 is 11.6 Å². The van der Waals surface area contributed by atoms with E-state index in [-0.39, 0.29) is 5.91 Å². The highest BCUT2D eigenvalue weighted by Gasteiger charge is 2.16. The van der Waals surface area contributed by atoms with Crippen LogP contribution < -0.4 is 14.8 Å². The van der Waals surface area contributed by atoms with Gasteiger partial charge in [0.1, 0.15) is 11.5 Å². The summed E-state index contributed by atoms with van der Waals surface area (Å²) in [6.07, 6.45) is 0. The molecule has 1 amide bonds. The molecule has 1 N–H and O–H groups in total. The maximum absolute atomic E-state index is 12.7. The van der Waals surface area contributed by atoms with Gasteiger partial charge >= 0.3 is 0 Å². The molecule has 2 aromatic carbocycles. The van der Waals surface area contributed by atoms with E-state index in [0.29, 0.717) is 30.3 Å². The molecule has 0 aliphatic heterocycles. The summed E-state index contributed by atoms with van der Waals surface area (Å²) in [6, 6.07) is 9.41. The fourth-order valence-electron chi connectivity index (χ4n) is 2.78. The first-order chi connectivity index (χ1) is 11.5. The Labute approximate surface area is 143 Å². The Morgan fingerprint density at radius 2 is 1.58 bits per heavy atom.